The van der Waals surface area contributed by atoms with Gasteiger partial charge in [-0.3, -0.25) is 14.8 Å². The molecule has 0 unspecified atom stereocenters. The second-order valence-electron chi connectivity index (χ2n) is 4.95. The Balaban J connectivity index is 1.58. The minimum atomic E-state index is -0.208. The number of carbonyl (C=O) groups is 1. The van der Waals surface area contributed by atoms with Gasteiger partial charge in [-0.15, -0.1) is 5.10 Å². The van der Waals surface area contributed by atoms with Gasteiger partial charge in [-0.2, -0.15) is 5.10 Å². The molecule has 3 aromatic rings. The standard InChI is InChI=1S/C15H16N6O/c1-12-7-8-20(18-12)10-14(22)17-15-16-11-21(19-15)9-13-5-3-2-4-6-13/h2-8,11H,9-10H2,1H3,(H,17,19,22). The largest absolute Gasteiger partial charge is 0.292 e. The summed E-state index contributed by atoms with van der Waals surface area (Å²) >= 11 is 0. The molecule has 2 heterocycles. The van der Waals surface area contributed by atoms with E-state index in [1.807, 2.05) is 43.3 Å². The van der Waals surface area contributed by atoms with Crippen LogP contribution in [0.2, 0.25) is 0 Å². The Morgan fingerprint density at radius 3 is 2.68 bits per heavy atom. The molecule has 0 saturated heterocycles. The lowest BCUT2D eigenvalue weighted by atomic mass is 10.2. The van der Waals surface area contributed by atoms with Gasteiger partial charge in [0, 0.05) is 6.20 Å². The SMILES string of the molecule is Cc1ccn(CC(=O)Nc2ncn(Cc3ccccc3)n2)n1. The van der Waals surface area contributed by atoms with Crippen LogP contribution >= 0.6 is 0 Å². The molecule has 2 aromatic heterocycles. The fourth-order valence-corrected chi connectivity index (χ4v) is 2.06. The van der Waals surface area contributed by atoms with Crippen molar-refractivity contribution in [1.82, 2.24) is 24.5 Å². The van der Waals surface area contributed by atoms with Gasteiger partial charge in [-0.25, -0.2) is 9.67 Å². The molecule has 0 radical (unpaired) electrons. The number of benzene rings is 1. The number of aromatic nitrogens is 5. The van der Waals surface area contributed by atoms with Crippen LogP contribution in [0.5, 0.6) is 0 Å². The predicted octanol–water partition coefficient (Wildman–Crippen LogP) is 1.47. The third-order valence-electron chi connectivity index (χ3n) is 3.05. The van der Waals surface area contributed by atoms with Gasteiger partial charge in [0.15, 0.2) is 0 Å². The monoisotopic (exact) mass is 296 g/mol. The van der Waals surface area contributed by atoms with Gasteiger partial charge in [0.2, 0.25) is 11.9 Å². The van der Waals surface area contributed by atoms with Gasteiger partial charge in [0.05, 0.1) is 12.2 Å². The lowest BCUT2D eigenvalue weighted by Crippen LogP contribution is -2.20. The van der Waals surface area contributed by atoms with E-state index >= 15 is 0 Å². The first-order valence-corrected chi connectivity index (χ1v) is 6.92. The lowest BCUT2D eigenvalue weighted by molar-refractivity contribution is -0.116. The second-order valence-corrected chi connectivity index (χ2v) is 4.95. The third-order valence-corrected chi connectivity index (χ3v) is 3.05. The predicted molar refractivity (Wildman–Crippen MR) is 81.2 cm³/mol. The number of rotatable bonds is 5. The molecular weight excluding hydrogens is 280 g/mol. The van der Waals surface area contributed by atoms with Gasteiger partial charge in [0.1, 0.15) is 12.9 Å². The first-order chi connectivity index (χ1) is 10.7. The van der Waals surface area contributed by atoms with Crippen molar-refractivity contribution < 1.29 is 4.79 Å². The summed E-state index contributed by atoms with van der Waals surface area (Å²) in [6.45, 7) is 2.63. The number of hydrogen-bond donors (Lipinski definition) is 1. The molecule has 3 rings (SSSR count). The molecule has 0 spiro atoms. The fourth-order valence-electron chi connectivity index (χ4n) is 2.06. The highest BCUT2D eigenvalue weighted by Crippen LogP contribution is 2.03. The molecule has 1 aromatic carbocycles. The highest BCUT2D eigenvalue weighted by molar-refractivity contribution is 5.88. The molecule has 7 nitrogen and oxygen atoms in total. The molecule has 1 N–H and O–H groups in total. The van der Waals surface area contributed by atoms with E-state index in [1.165, 1.54) is 0 Å². The molecule has 22 heavy (non-hydrogen) atoms. The van der Waals surface area contributed by atoms with E-state index in [9.17, 15) is 4.79 Å². The van der Waals surface area contributed by atoms with E-state index in [4.69, 9.17) is 0 Å². The van der Waals surface area contributed by atoms with Crippen molar-refractivity contribution >= 4 is 11.9 Å². The van der Waals surface area contributed by atoms with Gasteiger partial charge >= 0.3 is 0 Å². The van der Waals surface area contributed by atoms with Gasteiger partial charge < -0.3 is 0 Å². The van der Waals surface area contributed by atoms with Crippen molar-refractivity contribution in [1.29, 1.82) is 0 Å². The van der Waals surface area contributed by atoms with Gasteiger partial charge in [-0.05, 0) is 18.6 Å². The van der Waals surface area contributed by atoms with Gasteiger partial charge in [-0.1, -0.05) is 30.3 Å². The molecule has 0 fully saturated rings. The quantitative estimate of drug-likeness (QED) is 0.773. The first kappa shape index (κ1) is 14.0. The van der Waals surface area contributed by atoms with E-state index in [2.05, 4.69) is 20.5 Å². The Hall–Kier alpha value is -2.96. The normalized spacial score (nSPS) is 10.6. The summed E-state index contributed by atoms with van der Waals surface area (Å²) < 4.78 is 3.26. The molecule has 112 valence electrons. The van der Waals surface area contributed by atoms with E-state index in [0.717, 1.165) is 11.3 Å². The maximum absolute atomic E-state index is 11.9. The Labute approximate surface area is 127 Å². The minimum Gasteiger partial charge on any atom is -0.292 e. The van der Waals surface area contributed by atoms with Crippen LogP contribution in [0.25, 0.3) is 0 Å². The van der Waals surface area contributed by atoms with Crippen molar-refractivity contribution in [3.63, 3.8) is 0 Å². The van der Waals surface area contributed by atoms with Crippen molar-refractivity contribution in [2.75, 3.05) is 5.32 Å². The second kappa shape index (κ2) is 6.21. The molecule has 0 aliphatic carbocycles. The minimum absolute atomic E-state index is 0.140. The maximum Gasteiger partial charge on any atom is 0.248 e. The van der Waals surface area contributed by atoms with Crippen LogP contribution in [0.4, 0.5) is 5.95 Å². The van der Waals surface area contributed by atoms with E-state index < -0.39 is 0 Å². The zero-order valence-electron chi connectivity index (χ0n) is 12.2. The summed E-state index contributed by atoms with van der Waals surface area (Å²) in [6.07, 6.45) is 3.36. The molecule has 0 bridgehead atoms. The van der Waals surface area contributed by atoms with Crippen LogP contribution in [-0.4, -0.2) is 30.5 Å². The fraction of sp³-hybridized carbons (Fsp3) is 0.200. The Kier molecular flexibility index (Phi) is 3.95. The smallest absolute Gasteiger partial charge is 0.248 e. The highest BCUT2D eigenvalue weighted by Gasteiger charge is 2.08. The van der Waals surface area contributed by atoms with Crippen molar-refractivity contribution in [3.05, 3.63) is 60.2 Å². The number of nitrogens with zero attached hydrogens (tertiary/aromatic N) is 5. The van der Waals surface area contributed by atoms with Gasteiger partial charge in [0.25, 0.3) is 0 Å². The average Bonchev–Trinajstić information content (AvgIpc) is 3.09. The van der Waals surface area contributed by atoms with Crippen LogP contribution in [0.15, 0.2) is 48.9 Å². The van der Waals surface area contributed by atoms with E-state index in [1.54, 1.807) is 21.9 Å². The summed E-state index contributed by atoms with van der Waals surface area (Å²) in [5, 5.41) is 11.1. The molecule has 0 aliphatic rings. The van der Waals surface area contributed by atoms with E-state index in [0.29, 0.717) is 12.5 Å². The van der Waals surface area contributed by atoms with Crippen LogP contribution in [0.1, 0.15) is 11.3 Å². The van der Waals surface area contributed by atoms with Crippen LogP contribution in [0.3, 0.4) is 0 Å². The molecule has 0 atom stereocenters. The number of anilines is 1. The van der Waals surface area contributed by atoms with E-state index in [-0.39, 0.29) is 12.5 Å². The number of amides is 1. The van der Waals surface area contributed by atoms with Crippen LogP contribution in [-0.2, 0) is 17.9 Å². The Morgan fingerprint density at radius 2 is 1.95 bits per heavy atom. The molecule has 7 heteroatoms. The molecule has 0 saturated carbocycles. The number of hydrogen-bond acceptors (Lipinski definition) is 4. The zero-order chi connectivity index (χ0) is 15.4. The summed E-state index contributed by atoms with van der Waals surface area (Å²) in [7, 11) is 0. The summed E-state index contributed by atoms with van der Waals surface area (Å²) in [5.41, 5.74) is 2.00. The summed E-state index contributed by atoms with van der Waals surface area (Å²) in [6, 6.07) is 11.8. The zero-order valence-corrected chi connectivity index (χ0v) is 12.2. The number of aryl methyl sites for hydroxylation is 1. The van der Waals surface area contributed by atoms with Crippen LogP contribution < -0.4 is 5.32 Å². The molecule has 0 aliphatic heterocycles. The maximum atomic E-state index is 11.9. The van der Waals surface area contributed by atoms with Crippen molar-refractivity contribution in [2.45, 2.75) is 20.0 Å². The Morgan fingerprint density at radius 1 is 1.14 bits per heavy atom. The molecule has 1 amide bonds. The third kappa shape index (κ3) is 3.57. The summed E-state index contributed by atoms with van der Waals surface area (Å²) in [5.74, 6) is 0.0883. The van der Waals surface area contributed by atoms with Crippen molar-refractivity contribution in [3.8, 4) is 0 Å². The van der Waals surface area contributed by atoms with Crippen molar-refractivity contribution in [2.24, 2.45) is 0 Å². The average molecular weight is 296 g/mol. The highest BCUT2D eigenvalue weighted by atomic mass is 16.2. The summed E-state index contributed by atoms with van der Waals surface area (Å²) in [4.78, 5) is 16.0. The first-order valence-electron chi connectivity index (χ1n) is 6.92. The Bertz CT molecular complexity index is 761. The topological polar surface area (TPSA) is 77.6 Å². The lowest BCUT2D eigenvalue weighted by Gasteiger charge is -2.02. The number of carbonyl (C=O) groups excluding carboxylic acids is 1. The molecular formula is C15H16N6O. The van der Waals surface area contributed by atoms with Crippen LogP contribution in [0, 0.1) is 6.92 Å². The number of nitrogens with one attached hydrogen (secondary N) is 1.